The van der Waals surface area contributed by atoms with Crippen molar-refractivity contribution < 1.29 is 19.1 Å². The summed E-state index contributed by atoms with van der Waals surface area (Å²) in [4.78, 5) is 34.0. The Morgan fingerprint density at radius 3 is 2.82 bits per heavy atom. The number of aromatic nitrogens is 1. The third kappa shape index (κ3) is 5.62. The molecule has 3 aromatic heterocycles. The molecule has 0 saturated carbocycles. The molecule has 10 heteroatoms. The number of amides is 2. The van der Waals surface area contributed by atoms with Crippen molar-refractivity contribution in [3.8, 4) is 22.0 Å². The molecule has 1 aliphatic rings. The van der Waals surface area contributed by atoms with Crippen LogP contribution in [0.3, 0.4) is 0 Å². The van der Waals surface area contributed by atoms with Crippen LogP contribution in [0.2, 0.25) is 0 Å². The quantitative estimate of drug-likeness (QED) is 0.251. The van der Waals surface area contributed by atoms with Crippen LogP contribution in [0.5, 0.6) is 0 Å². The second-order valence-corrected chi connectivity index (χ2v) is 12.3. The number of furan rings is 1. The van der Waals surface area contributed by atoms with Crippen molar-refractivity contribution in [1.29, 1.82) is 0 Å². The molecule has 5 rings (SSSR count). The van der Waals surface area contributed by atoms with Gasteiger partial charge in [-0.25, -0.2) is 9.78 Å². The molecular formula is C28H32N4O4S2. The summed E-state index contributed by atoms with van der Waals surface area (Å²) in [6.45, 7) is 8.77. The van der Waals surface area contributed by atoms with Crippen LogP contribution in [0.25, 0.3) is 33.0 Å². The molecule has 0 aliphatic carbocycles. The zero-order valence-corrected chi connectivity index (χ0v) is 23.4. The normalized spacial score (nSPS) is 16.2. The minimum Gasteiger partial charge on any atom is -0.465 e. The average Bonchev–Trinajstić information content (AvgIpc) is 3.65. The maximum Gasteiger partial charge on any atom is 0.408 e. The molecule has 38 heavy (non-hydrogen) atoms. The predicted molar refractivity (Wildman–Crippen MR) is 152 cm³/mol. The number of rotatable bonds is 8. The SMILES string of the molecule is CC(C)(C)N(C(=O)O)C1CCN(CCCNC(=O)c2sccc2-c2nc(-c3cc4ccccc4o3)cs2)C1. The van der Waals surface area contributed by atoms with E-state index in [2.05, 4.69) is 10.2 Å². The molecule has 1 fully saturated rings. The van der Waals surface area contributed by atoms with E-state index in [0.29, 0.717) is 17.2 Å². The fraction of sp³-hybridized carbons (Fsp3) is 0.393. The van der Waals surface area contributed by atoms with E-state index in [4.69, 9.17) is 9.40 Å². The Balaban J connectivity index is 1.15. The molecule has 4 aromatic rings. The van der Waals surface area contributed by atoms with Gasteiger partial charge in [-0.3, -0.25) is 9.69 Å². The number of nitrogens with one attached hydrogen (secondary N) is 1. The summed E-state index contributed by atoms with van der Waals surface area (Å²) < 4.78 is 5.95. The van der Waals surface area contributed by atoms with E-state index in [-0.39, 0.29) is 11.9 Å². The second kappa shape index (κ2) is 10.9. The summed E-state index contributed by atoms with van der Waals surface area (Å²) in [5.74, 6) is 0.618. The number of carboxylic acid groups (broad SMARTS) is 1. The van der Waals surface area contributed by atoms with Crippen LogP contribution in [-0.4, -0.2) is 69.7 Å². The lowest BCUT2D eigenvalue weighted by Crippen LogP contribution is -2.52. The molecule has 0 spiro atoms. The molecule has 8 nitrogen and oxygen atoms in total. The molecule has 0 bridgehead atoms. The molecule has 1 aromatic carbocycles. The smallest absolute Gasteiger partial charge is 0.408 e. The third-order valence-electron chi connectivity index (χ3n) is 6.76. The highest BCUT2D eigenvalue weighted by molar-refractivity contribution is 7.15. The number of thiophene rings is 1. The fourth-order valence-corrected chi connectivity index (χ4v) is 6.79. The average molecular weight is 553 g/mol. The van der Waals surface area contributed by atoms with Gasteiger partial charge in [0.15, 0.2) is 5.76 Å². The Kier molecular flexibility index (Phi) is 7.56. The Bertz CT molecular complexity index is 1400. The number of likely N-dealkylation sites (tertiary alicyclic amines) is 1. The van der Waals surface area contributed by atoms with Gasteiger partial charge in [0, 0.05) is 47.5 Å². The monoisotopic (exact) mass is 552 g/mol. The highest BCUT2D eigenvalue weighted by Crippen LogP contribution is 2.35. The Morgan fingerprint density at radius 2 is 2.05 bits per heavy atom. The van der Waals surface area contributed by atoms with Gasteiger partial charge in [0.05, 0.1) is 0 Å². The van der Waals surface area contributed by atoms with E-state index in [9.17, 15) is 14.7 Å². The Labute approximate surface area is 229 Å². The maximum atomic E-state index is 13.0. The van der Waals surface area contributed by atoms with Crippen LogP contribution in [-0.2, 0) is 0 Å². The summed E-state index contributed by atoms with van der Waals surface area (Å²) in [6, 6.07) is 11.8. The number of carbonyl (C=O) groups excluding carboxylic acids is 1. The van der Waals surface area contributed by atoms with Crippen molar-refractivity contribution in [1.82, 2.24) is 20.1 Å². The zero-order chi connectivity index (χ0) is 26.9. The first-order valence-electron chi connectivity index (χ1n) is 12.8. The highest BCUT2D eigenvalue weighted by Gasteiger charge is 2.37. The number of thiazole rings is 1. The zero-order valence-electron chi connectivity index (χ0n) is 21.8. The summed E-state index contributed by atoms with van der Waals surface area (Å²) in [7, 11) is 0. The van der Waals surface area contributed by atoms with Gasteiger partial charge in [0.25, 0.3) is 5.91 Å². The van der Waals surface area contributed by atoms with E-state index in [1.165, 1.54) is 22.7 Å². The van der Waals surface area contributed by atoms with Crippen molar-refractivity contribution in [2.24, 2.45) is 0 Å². The summed E-state index contributed by atoms with van der Waals surface area (Å²) in [6.07, 6.45) is 0.765. The van der Waals surface area contributed by atoms with Gasteiger partial charge in [-0.1, -0.05) is 18.2 Å². The largest absolute Gasteiger partial charge is 0.465 e. The summed E-state index contributed by atoms with van der Waals surface area (Å²) in [5, 5.41) is 18.4. The van der Waals surface area contributed by atoms with E-state index in [0.717, 1.165) is 59.7 Å². The number of fused-ring (bicyclic) bond motifs is 1. The van der Waals surface area contributed by atoms with Gasteiger partial charge >= 0.3 is 6.09 Å². The Hall–Kier alpha value is -3.21. The molecule has 2 N–H and O–H groups in total. The van der Waals surface area contributed by atoms with Crippen LogP contribution in [0.4, 0.5) is 4.79 Å². The molecule has 200 valence electrons. The summed E-state index contributed by atoms with van der Waals surface area (Å²) in [5.41, 5.74) is 1.99. The van der Waals surface area contributed by atoms with Gasteiger partial charge in [-0.15, -0.1) is 22.7 Å². The first-order chi connectivity index (χ1) is 18.2. The van der Waals surface area contributed by atoms with Crippen LogP contribution >= 0.6 is 22.7 Å². The van der Waals surface area contributed by atoms with E-state index >= 15 is 0 Å². The van der Waals surface area contributed by atoms with Crippen molar-refractivity contribution in [3.63, 3.8) is 0 Å². The van der Waals surface area contributed by atoms with Crippen molar-refractivity contribution in [3.05, 3.63) is 52.0 Å². The van der Waals surface area contributed by atoms with Gasteiger partial charge in [0.1, 0.15) is 21.2 Å². The third-order valence-corrected chi connectivity index (χ3v) is 8.55. The molecule has 1 unspecified atom stereocenters. The van der Waals surface area contributed by atoms with Gasteiger partial charge in [0.2, 0.25) is 0 Å². The topological polar surface area (TPSA) is 98.9 Å². The van der Waals surface area contributed by atoms with Gasteiger partial charge in [-0.05, 0) is 63.7 Å². The number of benzene rings is 1. The maximum absolute atomic E-state index is 13.0. The lowest BCUT2D eigenvalue weighted by atomic mass is 10.0. The fourth-order valence-electron chi connectivity index (χ4n) is 5.07. The predicted octanol–water partition coefficient (Wildman–Crippen LogP) is 6.26. The molecule has 1 aliphatic heterocycles. The standard InChI is InChI=1S/C28H32N4O4S2/c1-28(2,3)32(27(34)35)19-9-13-31(16-19)12-6-11-29-25(33)24-20(10-14-37-24)26-30-21(17-38-26)23-15-18-7-4-5-8-22(18)36-23/h4-5,7-8,10,14-15,17,19H,6,9,11-13,16H2,1-3H3,(H,29,33)(H,34,35). The van der Waals surface area contributed by atoms with Crippen molar-refractivity contribution in [2.45, 2.75) is 45.2 Å². The number of nitrogens with zero attached hydrogens (tertiary/aromatic N) is 3. The number of hydrogen-bond acceptors (Lipinski definition) is 7. The first-order valence-corrected chi connectivity index (χ1v) is 14.5. The number of para-hydroxylation sites is 1. The van der Waals surface area contributed by atoms with Crippen LogP contribution in [0.15, 0.2) is 51.6 Å². The van der Waals surface area contributed by atoms with Crippen LogP contribution < -0.4 is 5.32 Å². The van der Waals surface area contributed by atoms with E-state index < -0.39 is 11.6 Å². The first kappa shape index (κ1) is 26.4. The van der Waals surface area contributed by atoms with E-state index in [1.807, 2.05) is 67.9 Å². The lowest BCUT2D eigenvalue weighted by Gasteiger charge is -2.38. The molecule has 1 saturated heterocycles. The molecule has 0 radical (unpaired) electrons. The summed E-state index contributed by atoms with van der Waals surface area (Å²) >= 11 is 2.91. The Morgan fingerprint density at radius 1 is 1.24 bits per heavy atom. The number of carbonyl (C=O) groups is 2. The molecule has 4 heterocycles. The lowest BCUT2D eigenvalue weighted by molar-refractivity contribution is 0.0720. The van der Waals surface area contributed by atoms with Gasteiger partial charge in [-0.2, -0.15) is 0 Å². The van der Waals surface area contributed by atoms with Crippen molar-refractivity contribution >= 4 is 45.6 Å². The van der Waals surface area contributed by atoms with Gasteiger partial charge < -0.3 is 19.7 Å². The van der Waals surface area contributed by atoms with Crippen LogP contribution in [0, 0.1) is 0 Å². The minimum absolute atomic E-state index is 0.00137. The molecular weight excluding hydrogens is 520 g/mol. The second-order valence-electron chi connectivity index (χ2n) is 10.5. The molecule has 1 atom stereocenters. The highest BCUT2D eigenvalue weighted by atomic mass is 32.1. The van der Waals surface area contributed by atoms with E-state index in [1.54, 1.807) is 4.90 Å². The van der Waals surface area contributed by atoms with Crippen molar-refractivity contribution in [2.75, 3.05) is 26.2 Å². The number of hydrogen-bond donors (Lipinski definition) is 2. The minimum atomic E-state index is -0.867. The van der Waals surface area contributed by atoms with Crippen LogP contribution in [0.1, 0.15) is 43.3 Å². The molecule has 2 amide bonds.